The van der Waals surface area contributed by atoms with Gasteiger partial charge >= 0.3 is 6.36 Å². The zero-order valence-electron chi connectivity index (χ0n) is 15.0. The predicted molar refractivity (Wildman–Crippen MR) is 96.1 cm³/mol. The average molecular weight is 411 g/mol. The van der Waals surface area contributed by atoms with Gasteiger partial charge in [-0.05, 0) is 48.0 Å². The number of hydrogen-bond donors (Lipinski definition) is 1. The molecule has 6 nitrogen and oxygen atoms in total. The molecule has 0 bridgehead atoms. The van der Waals surface area contributed by atoms with E-state index >= 15 is 0 Å². The molecule has 154 valence electrons. The minimum absolute atomic E-state index is 0.00719. The first-order valence-corrected chi connectivity index (χ1v) is 8.59. The number of anilines is 1. The molecule has 1 amide bonds. The van der Waals surface area contributed by atoms with Crippen LogP contribution in [0.3, 0.4) is 0 Å². The number of carbonyl (C=O) groups excluding carboxylic acids is 1. The molecule has 1 N–H and O–H groups in total. The van der Waals surface area contributed by atoms with Gasteiger partial charge in [0.1, 0.15) is 18.5 Å². The van der Waals surface area contributed by atoms with Crippen molar-refractivity contribution in [2.24, 2.45) is 0 Å². The lowest BCUT2D eigenvalue weighted by Gasteiger charge is -2.41. The van der Waals surface area contributed by atoms with Crippen molar-refractivity contribution in [2.75, 3.05) is 18.2 Å². The minimum Gasteiger partial charge on any atom is -0.406 e. The topological polar surface area (TPSA) is 65.9 Å². The second-order valence-corrected chi connectivity index (χ2v) is 6.17. The first-order chi connectivity index (χ1) is 13.8. The summed E-state index contributed by atoms with van der Waals surface area (Å²) in [6, 6.07) is 8.30. The van der Waals surface area contributed by atoms with Crippen LogP contribution in [0.25, 0.3) is 5.70 Å². The zero-order valence-corrected chi connectivity index (χ0v) is 15.0. The molecule has 0 aliphatic carbocycles. The molecular formula is C19H17F4N3O3. The number of amides is 1. The molecule has 2 heterocycles. The Hall–Kier alpha value is -3.14. The summed E-state index contributed by atoms with van der Waals surface area (Å²) in [5.74, 6) is -0.724. The number of halogens is 4. The van der Waals surface area contributed by atoms with Crippen LogP contribution >= 0.6 is 0 Å². The maximum atomic E-state index is 13.0. The fourth-order valence-electron chi connectivity index (χ4n) is 2.90. The van der Waals surface area contributed by atoms with Gasteiger partial charge in [0.05, 0.1) is 24.1 Å². The Balaban J connectivity index is 1.96. The maximum absolute atomic E-state index is 13.0. The maximum Gasteiger partial charge on any atom is 0.573 e. The molecule has 29 heavy (non-hydrogen) atoms. The van der Waals surface area contributed by atoms with Crippen molar-refractivity contribution >= 4 is 17.3 Å². The molecule has 0 radical (unpaired) electrons. The molecule has 10 heteroatoms. The lowest BCUT2D eigenvalue weighted by Crippen LogP contribution is -2.51. The van der Waals surface area contributed by atoms with Crippen LogP contribution < -0.4 is 9.75 Å². The van der Waals surface area contributed by atoms with Crippen molar-refractivity contribution in [3.8, 4) is 5.75 Å². The normalized spacial score (nSPS) is 15.9. The number of alkyl halides is 4. The first-order valence-electron chi connectivity index (χ1n) is 8.59. The number of β-amino-alcohol motifs (C(OH)–C–C–N with tert-alkyl or cyclic N) is 1. The lowest BCUT2D eigenvalue weighted by molar-refractivity contribution is -0.274. The van der Waals surface area contributed by atoms with Crippen LogP contribution in [0.1, 0.15) is 12.0 Å². The zero-order chi connectivity index (χ0) is 21.0. The Labute approximate surface area is 163 Å². The largest absolute Gasteiger partial charge is 0.573 e. The van der Waals surface area contributed by atoms with Gasteiger partial charge in [0.15, 0.2) is 0 Å². The number of hydrogen-bond acceptors (Lipinski definition) is 5. The number of aromatic nitrogens is 1. The third-order valence-electron chi connectivity index (χ3n) is 4.06. The van der Waals surface area contributed by atoms with Crippen molar-refractivity contribution in [1.82, 2.24) is 9.99 Å². The number of rotatable bonds is 6. The number of nitrogens with zero attached hydrogens (tertiary/aromatic N) is 3. The molecular weight excluding hydrogens is 394 g/mol. The van der Waals surface area contributed by atoms with Gasteiger partial charge in [0, 0.05) is 12.6 Å². The second kappa shape index (κ2) is 8.48. The first kappa shape index (κ1) is 20.6. The molecule has 2 aromatic rings. The molecule has 0 unspecified atom stereocenters. The molecule has 1 aromatic carbocycles. The van der Waals surface area contributed by atoms with Gasteiger partial charge in [0.2, 0.25) is 5.91 Å². The van der Waals surface area contributed by atoms with Crippen molar-refractivity contribution in [3.05, 3.63) is 60.4 Å². The van der Waals surface area contributed by atoms with Crippen LogP contribution in [0.5, 0.6) is 5.75 Å². The van der Waals surface area contributed by atoms with E-state index in [1.165, 1.54) is 34.5 Å². The van der Waals surface area contributed by atoms with Crippen LogP contribution in [0.2, 0.25) is 0 Å². The van der Waals surface area contributed by atoms with Crippen LogP contribution in [0, 0.1) is 0 Å². The third kappa shape index (κ3) is 5.02. The standard InChI is InChI=1S/C19H17F4N3O3/c20-10-15(27)12-25-17(13-3-5-16(6-4-13)29-19(21,22)23)7-8-18(28)26(25)14-2-1-9-24-11-14/h1-7,9,11,15,27H,8,10,12H2/t15-/m1/s1. The van der Waals surface area contributed by atoms with E-state index in [2.05, 4.69) is 9.72 Å². The fourth-order valence-corrected chi connectivity index (χ4v) is 2.90. The van der Waals surface area contributed by atoms with E-state index in [0.717, 1.165) is 12.1 Å². The molecule has 0 fully saturated rings. The van der Waals surface area contributed by atoms with Crippen LogP contribution in [-0.2, 0) is 4.79 Å². The average Bonchev–Trinajstić information content (AvgIpc) is 2.68. The van der Waals surface area contributed by atoms with E-state index in [4.69, 9.17) is 0 Å². The third-order valence-corrected chi connectivity index (χ3v) is 4.06. The summed E-state index contributed by atoms with van der Waals surface area (Å²) in [7, 11) is 0. The number of aliphatic hydroxyl groups is 1. The molecule has 1 atom stereocenters. The van der Waals surface area contributed by atoms with E-state index in [1.807, 2.05) is 0 Å². The summed E-state index contributed by atoms with van der Waals surface area (Å²) in [6.07, 6.45) is -1.65. The highest BCUT2D eigenvalue weighted by molar-refractivity contribution is 5.97. The molecule has 0 spiro atoms. The van der Waals surface area contributed by atoms with Crippen LogP contribution in [-0.4, -0.2) is 46.7 Å². The molecule has 1 aromatic heterocycles. The Bertz CT molecular complexity index is 873. The number of benzene rings is 1. The molecule has 3 rings (SSSR count). The number of ether oxygens (including phenoxy) is 1. The van der Waals surface area contributed by atoms with Gasteiger partial charge in [-0.2, -0.15) is 0 Å². The number of pyridine rings is 1. The summed E-state index contributed by atoms with van der Waals surface area (Å²) in [5.41, 5.74) is 1.30. The van der Waals surface area contributed by atoms with Gasteiger partial charge in [-0.25, -0.2) is 9.40 Å². The number of aliphatic hydroxyl groups excluding tert-OH is 1. The minimum atomic E-state index is -4.81. The van der Waals surface area contributed by atoms with Crippen molar-refractivity contribution in [3.63, 3.8) is 0 Å². The van der Waals surface area contributed by atoms with E-state index in [9.17, 15) is 27.5 Å². The van der Waals surface area contributed by atoms with E-state index in [0.29, 0.717) is 16.9 Å². The summed E-state index contributed by atoms with van der Waals surface area (Å²) in [5, 5.41) is 12.5. The predicted octanol–water partition coefficient (Wildman–Crippen LogP) is 3.31. The van der Waals surface area contributed by atoms with E-state index in [1.54, 1.807) is 18.2 Å². The highest BCUT2D eigenvalue weighted by Gasteiger charge is 2.33. The second-order valence-electron chi connectivity index (χ2n) is 6.17. The Morgan fingerprint density at radius 3 is 2.52 bits per heavy atom. The number of hydrazine groups is 1. The quantitative estimate of drug-likeness (QED) is 0.739. The van der Waals surface area contributed by atoms with Crippen LogP contribution in [0.4, 0.5) is 23.2 Å². The number of carbonyl (C=O) groups is 1. The fraction of sp³-hybridized carbons (Fsp3) is 0.263. The Morgan fingerprint density at radius 2 is 1.93 bits per heavy atom. The summed E-state index contributed by atoms with van der Waals surface area (Å²) >= 11 is 0. The summed E-state index contributed by atoms with van der Waals surface area (Å²) < 4.78 is 53.9. The molecule has 1 aliphatic rings. The van der Waals surface area contributed by atoms with Gasteiger partial charge < -0.3 is 9.84 Å². The molecule has 1 aliphatic heterocycles. The summed E-state index contributed by atoms with van der Waals surface area (Å²) in [4.78, 5) is 16.5. The van der Waals surface area contributed by atoms with E-state index in [-0.39, 0.29) is 18.9 Å². The smallest absolute Gasteiger partial charge is 0.406 e. The van der Waals surface area contributed by atoms with Gasteiger partial charge in [-0.1, -0.05) is 0 Å². The van der Waals surface area contributed by atoms with Gasteiger partial charge in [-0.15, -0.1) is 13.2 Å². The van der Waals surface area contributed by atoms with Gasteiger partial charge in [-0.3, -0.25) is 14.8 Å². The highest BCUT2D eigenvalue weighted by atomic mass is 19.4. The van der Waals surface area contributed by atoms with Gasteiger partial charge in [0.25, 0.3) is 0 Å². The SMILES string of the molecule is O=C1CC=C(c2ccc(OC(F)(F)F)cc2)N(C[C@H](O)CF)N1c1cccnc1. The van der Waals surface area contributed by atoms with Crippen LogP contribution in [0.15, 0.2) is 54.9 Å². The van der Waals surface area contributed by atoms with E-state index < -0.39 is 24.9 Å². The van der Waals surface area contributed by atoms with Crippen molar-refractivity contribution in [1.29, 1.82) is 0 Å². The molecule has 0 saturated carbocycles. The van der Waals surface area contributed by atoms with Crippen molar-refractivity contribution in [2.45, 2.75) is 18.9 Å². The van der Waals surface area contributed by atoms with Crippen molar-refractivity contribution < 1.29 is 32.2 Å². The Kier molecular flexibility index (Phi) is 6.02. The highest BCUT2D eigenvalue weighted by Crippen LogP contribution is 2.32. The summed E-state index contributed by atoms with van der Waals surface area (Å²) in [6.45, 7) is -1.28. The Morgan fingerprint density at radius 1 is 1.21 bits per heavy atom. The lowest BCUT2D eigenvalue weighted by atomic mass is 10.1. The monoisotopic (exact) mass is 411 g/mol. The molecule has 0 saturated heterocycles.